The molecule has 7 heteroatoms. The van der Waals surface area contributed by atoms with E-state index in [1.165, 1.54) is 13.1 Å². The van der Waals surface area contributed by atoms with E-state index in [-0.39, 0.29) is 36.5 Å². The number of benzene rings is 1. The second-order valence-electron chi connectivity index (χ2n) is 6.13. The third-order valence-electron chi connectivity index (χ3n) is 4.14. The molecule has 1 aliphatic heterocycles. The van der Waals surface area contributed by atoms with Crippen LogP contribution in [-0.4, -0.2) is 22.6 Å². The number of aliphatic imine (C=N–C) groups is 1. The summed E-state index contributed by atoms with van der Waals surface area (Å²) < 4.78 is 14.7. The minimum atomic E-state index is -0.547. The van der Waals surface area contributed by atoms with Crippen LogP contribution in [0.5, 0.6) is 0 Å². The first-order valence-electron chi connectivity index (χ1n) is 8.28. The Morgan fingerprint density at radius 3 is 2.69 bits per heavy atom. The monoisotopic (exact) mass is 354 g/mol. The number of nitrogens with one attached hydrogen (secondary N) is 2. The van der Waals surface area contributed by atoms with Gasteiger partial charge in [-0.25, -0.2) is 4.39 Å². The number of nitrogens with zero attached hydrogens (tertiary/aromatic N) is 2. The topological polar surface area (TPSA) is 83.5 Å². The molecule has 1 atom stereocenters. The summed E-state index contributed by atoms with van der Waals surface area (Å²) in [5.74, 6) is -0.828. The van der Waals surface area contributed by atoms with E-state index in [1.807, 2.05) is 37.3 Å². The molecule has 2 heterocycles. The first-order valence-corrected chi connectivity index (χ1v) is 8.28. The van der Waals surface area contributed by atoms with Crippen LogP contribution in [0.4, 0.5) is 4.39 Å². The zero-order valence-electron chi connectivity index (χ0n) is 14.5. The molecular formula is C19H19FN4O2. The molecule has 3 rings (SSSR count). The fourth-order valence-electron chi connectivity index (χ4n) is 2.84. The second kappa shape index (κ2) is 7.43. The Kier molecular flexibility index (Phi) is 5.06. The highest BCUT2D eigenvalue weighted by Gasteiger charge is 2.24. The van der Waals surface area contributed by atoms with Crippen LogP contribution in [0.1, 0.15) is 42.3 Å². The largest absolute Gasteiger partial charge is 0.349 e. The van der Waals surface area contributed by atoms with Gasteiger partial charge in [-0.15, -0.1) is 0 Å². The lowest BCUT2D eigenvalue weighted by atomic mass is 10.1. The van der Waals surface area contributed by atoms with Crippen molar-refractivity contribution < 1.29 is 14.0 Å². The Bertz CT molecular complexity index is 881. The number of amidine groups is 1. The number of hydrogen-bond acceptors (Lipinski definition) is 4. The number of hydrogen-bond donors (Lipinski definition) is 2. The quantitative estimate of drug-likeness (QED) is 0.881. The highest BCUT2D eigenvalue weighted by Crippen LogP contribution is 2.23. The summed E-state index contributed by atoms with van der Waals surface area (Å²) in [6, 6.07) is 9.34. The van der Waals surface area contributed by atoms with E-state index in [2.05, 4.69) is 20.6 Å². The van der Waals surface area contributed by atoms with E-state index in [0.29, 0.717) is 17.0 Å². The van der Waals surface area contributed by atoms with Gasteiger partial charge in [0.2, 0.25) is 11.8 Å². The molecule has 0 aliphatic carbocycles. The van der Waals surface area contributed by atoms with Gasteiger partial charge >= 0.3 is 0 Å². The van der Waals surface area contributed by atoms with Crippen LogP contribution in [0.15, 0.2) is 41.5 Å². The predicted octanol–water partition coefficient (Wildman–Crippen LogP) is 2.04. The molecule has 2 amide bonds. The molecule has 6 nitrogen and oxygen atoms in total. The number of aromatic nitrogens is 1. The third-order valence-corrected chi connectivity index (χ3v) is 4.14. The fraction of sp³-hybridized carbons (Fsp3) is 0.263. The van der Waals surface area contributed by atoms with E-state index in [1.54, 1.807) is 0 Å². The molecule has 26 heavy (non-hydrogen) atoms. The van der Waals surface area contributed by atoms with Gasteiger partial charge in [-0.1, -0.05) is 30.3 Å². The zero-order valence-corrected chi connectivity index (χ0v) is 14.5. The lowest BCUT2D eigenvalue weighted by Crippen LogP contribution is -2.29. The minimum Gasteiger partial charge on any atom is -0.349 e. The molecule has 0 bridgehead atoms. The van der Waals surface area contributed by atoms with E-state index >= 15 is 0 Å². The van der Waals surface area contributed by atoms with Gasteiger partial charge in [0, 0.05) is 24.2 Å². The molecule has 134 valence electrons. The number of carbonyl (C=O) groups excluding carboxylic acids is 2. The maximum absolute atomic E-state index is 14.7. The first-order chi connectivity index (χ1) is 12.5. The minimum absolute atomic E-state index is 0.0702. The van der Waals surface area contributed by atoms with Crippen LogP contribution >= 0.6 is 0 Å². The summed E-state index contributed by atoms with van der Waals surface area (Å²) in [5.41, 5.74) is 1.85. The molecule has 2 N–H and O–H groups in total. The number of fused-ring (bicyclic) bond motifs is 1. The van der Waals surface area contributed by atoms with E-state index in [4.69, 9.17) is 0 Å². The molecule has 1 aromatic heterocycles. The summed E-state index contributed by atoms with van der Waals surface area (Å²) in [4.78, 5) is 31.6. The molecular weight excluding hydrogens is 335 g/mol. The van der Waals surface area contributed by atoms with Gasteiger partial charge in [-0.2, -0.15) is 0 Å². The molecule has 1 aliphatic rings. The van der Waals surface area contributed by atoms with Gasteiger partial charge in [0.25, 0.3) is 0 Å². The van der Waals surface area contributed by atoms with Gasteiger partial charge in [0.05, 0.1) is 24.7 Å². The average molecular weight is 354 g/mol. The van der Waals surface area contributed by atoms with Crippen molar-refractivity contribution in [3.05, 3.63) is 64.7 Å². The maximum Gasteiger partial charge on any atom is 0.226 e. The number of halogens is 1. The van der Waals surface area contributed by atoms with E-state index in [9.17, 15) is 14.0 Å². The summed E-state index contributed by atoms with van der Waals surface area (Å²) in [6.45, 7) is 3.35. The normalized spacial score (nSPS) is 13.6. The Labute approximate surface area is 150 Å². The highest BCUT2D eigenvalue weighted by molar-refractivity contribution is 6.09. The Hall–Kier alpha value is -3.09. The highest BCUT2D eigenvalue weighted by atomic mass is 19.1. The SMILES string of the molecule is CC(=O)NC1=NCc2c1cnc(CC(=O)N[C@H](C)c1ccccc1)c2F. The van der Waals surface area contributed by atoms with Crippen molar-refractivity contribution in [2.24, 2.45) is 4.99 Å². The van der Waals surface area contributed by atoms with Crippen molar-refractivity contribution in [2.45, 2.75) is 32.9 Å². The Morgan fingerprint density at radius 1 is 1.27 bits per heavy atom. The number of amides is 2. The van der Waals surface area contributed by atoms with Gasteiger partial charge in [0.15, 0.2) is 5.82 Å². The number of carbonyl (C=O) groups is 2. The molecule has 0 saturated heterocycles. The van der Waals surface area contributed by atoms with Crippen molar-refractivity contribution in [1.82, 2.24) is 15.6 Å². The third kappa shape index (κ3) is 3.77. The molecule has 0 unspecified atom stereocenters. The van der Waals surface area contributed by atoms with Crippen LogP contribution in [-0.2, 0) is 22.6 Å². The molecule has 2 aromatic rings. The summed E-state index contributed by atoms with van der Waals surface area (Å²) in [6.07, 6.45) is 1.29. The summed E-state index contributed by atoms with van der Waals surface area (Å²) in [7, 11) is 0. The van der Waals surface area contributed by atoms with E-state index < -0.39 is 5.82 Å². The lowest BCUT2D eigenvalue weighted by Gasteiger charge is -2.14. The number of rotatable bonds is 4. The molecule has 0 spiro atoms. The smallest absolute Gasteiger partial charge is 0.226 e. The van der Waals surface area contributed by atoms with Crippen LogP contribution < -0.4 is 10.6 Å². The Morgan fingerprint density at radius 2 is 2.00 bits per heavy atom. The van der Waals surface area contributed by atoms with Crippen molar-refractivity contribution in [1.29, 1.82) is 0 Å². The van der Waals surface area contributed by atoms with Crippen LogP contribution in [0.25, 0.3) is 0 Å². The van der Waals surface area contributed by atoms with Gasteiger partial charge in [0.1, 0.15) is 5.84 Å². The molecule has 0 radical (unpaired) electrons. The first kappa shape index (κ1) is 17.7. The summed E-state index contributed by atoms with van der Waals surface area (Å²) >= 11 is 0. The van der Waals surface area contributed by atoms with Crippen molar-refractivity contribution in [2.75, 3.05) is 0 Å². The predicted molar refractivity (Wildman–Crippen MR) is 95.0 cm³/mol. The average Bonchev–Trinajstić information content (AvgIpc) is 3.01. The fourth-order valence-corrected chi connectivity index (χ4v) is 2.84. The van der Waals surface area contributed by atoms with Crippen LogP contribution in [0.2, 0.25) is 0 Å². The van der Waals surface area contributed by atoms with Crippen molar-refractivity contribution in [3.8, 4) is 0 Å². The van der Waals surface area contributed by atoms with Gasteiger partial charge in [-0.05, 0) is 12.5 Å². The van der Waals surface area contributed by atoms with Crippen LogP contribution in [0, 0.1) is 5.82 Å². The lowest BCUT2D eigenvalue weighted by molar-refractivity contribution is -0.121. The number of pyridine rings is 1. The Balaban J connectivity index is 1.70. The van der Waals surface area contributed by atoms with Gasteiger partial charge < -0.3 is 10.6 Å². The zero-order chi connectivity index (χ0) is 18.7. The standard InChI is InChI=1S/C19H19FN4O2/c1-11(13-6-4-3-5-7-13)23-17(26)8-16-18(20)14-9-22-19(24-12(2)25)15(14)10-21-16/h3-7,10-11H,8-9H2,1-2H3,(H,23,26)(H,22,24,25)/t11-/m1/s1. The summed E-state index contributed by atoms with van der Waals surface area (Å²) in [5, 5.41) is 5.40. The second-order valence-corrected chi connectivity index (χ2v) is 6.13. The van der Waals surface area contributed by atoms with Crippen molar-refractivity contribution >= 4 is 17.6 Å². The van der Waals surface area contributed by atoms with Gasteiger partial charge in [-0.3, -0.25) is 19.6 Å². The van der Waals surface area contributed by atoms with E-state index in [0.717, 1.165) is 5.56 Å². The molecule has 1 aromatic carbocycles. The maximum atomic E-state index is 14.7. The molecule has 0 fully saturated rings. The van der Waals surface area contributed by atoms with Crippen LogP contribution in [0.3, 0.4) is 0 Å². The van der Waals surface area contributed by atoms with Crippen molar-refractivity contribution in [3.63, 3.8) is 0 Å². The molecule has 0 saturated carbocycles.